The molecular weight excluding hydrogens is 380 g/mol. The Labute approximate surface area is 186 Å². The van der Waals surface area contributed by atoms with Crippen LogP contribution in [0.2, 0.25) is 0 Å². The molecule has 0 aromatic carbocycles. The normalized spacial score (nSPS) is 13.1. The van der Waals surface area contributed by atoms with Crippen molar-refractivity contribution in [2.45, 2.75) is 130 Å². The van der Waals surface area contributed by atoms with Gasteiger partial charge in [-0.15, -0.1) is 0 Å². The maximum absolute atomic E-state index is 10.1. The van der Waals surface area contributed by atoms with E-state index in [1.807, 2.05) is 27.7 Å². The van der Waals surface area contributed by atoms with Gasteiger partial charge in [-0.1, -0.05) is 52.9 Å². The van der Waals surface area contributed by atoms with Crippen LogP contribution in [0.1, 0.15) is 119 Å². The summed E-state index contributed by atoms with van der Waals surface area (Å²) in [5, 5.41) is 18.8. The Hall–Kier alpha value is -1.07. The monoisotopic (exact) mass is 430 g/mol. The summed E-state index contributed by atoms with van der Waals surface area (Å²) in [5.41, 5.74) is -1.11. The van der Waals surface area contributed by atoms with Gasteiger partial charge < -0.3 is 24.6 Å². The Kier molecular flexibility index (Phi) is 23.7. The van der Waals surface area contributed by atoms with Crippen LogP contribution >= 0.6 is 0 Å². The predicted octanol–water partition coefficient (Wildman–Crippen LogP) is 5.68. The van der Waals surface area contributed by atoms with Crippen LogP contribution < -0.4 is 0 Å². The van der Waals surface area contributed by atoms with Gasteiger partial charge >= 0.3 is 0 Å². The van der Waals surface area contributed by atoms with Crippen molar-refractivity contribution in [2.24, 2.45) is 11.8 Å². The van der Waals surface area contributed by atoms with Crippen LogP contribution in [0.5, 0.6) is 0 Å². The van der Waals surface area contributed by atoms with E-state index in [4.69, 9.17) is 0 Å². The van der Waals surface area contributed by atoms with Crippen LogP contribution in [0.4, 0.5) is 0 Å². The van der Waals surface area contributed by atoms with Crippen LogP contribution in [0.3, 0.4) is 0 Å². The van der Waals surface area contributed by atoms with E-state index in [9.17, 15) is 24.6 Å². The Morgan fingerprint density at radius 1 is 0.700 bits per heavy atom. The second-order valence-corrected chi connectivity index (χ2v) is 9.73. The smallest absolute Gasteiger partial charge is 0.120 e. The van der Waals surface area contributed by atoms with Gasteiger partial charge in [-0.25, -0.2) is 0 Å². The molecule has 0 heterocycles. The summed E-state index contributed by atoms with van der Waals surface area (Å²) in [6.45, 7) is 13.5. The molecular formula is C25H50O5. The summed E-state index contributed by atoms with van der Waals surface area (Å²) in [5.74, 6) is 0.926. The molecule has 5 heteroatoms. The minimum Gasteiger partial charge on any atom is -0.390 e. The van der Waals surface area contributed by atoms with Crippen LogP contribution in [-0.4, -0.2) is 40.3 Å². The molecule has 0 amide bonds. The third-order valence-corrected chi connectivity index (χ3v) is 4.64. The van der Waals surface area contributed by atoms with Crippen molar-refractivity contribution in [1.82, 2.24) is 0 Å². The molecule has 0 radical (unpaired) electrons. The molecule has 180 valence electrons. The maximum Gasteiger partial charge on any atom is 0.120 e. The molecule has 0 aromatic heterocycles. The zero-order chi connectivity index (χ0) is 24.1. The van der Waals surface area contributed by atoms with Crippen LogP contribution in [0.25, 0.3) is 0 Å². The number of aldehydes is 3. The Balaban J connectivity index is -0.000000386. The van der Waals surface area contributed by atoms with Gasteiger partial charge in [0.25, 0.3) is 0 Å². The first-order valence-electron chi connectivity index (χ1n) is 11.6. The van der Waals surface area contributed by atoms with Gasteiger partial charge in [-0.05, 0) is 58.8 Å². The first kappa shape index (κ1) is 33.6. The average molecular weight is 431 g/mol. The molecule has 0 aliphatic rings. The van der Waals surface area contributed by atoms with Crippen molar-refractivity contribution in [3.63, 3.8) is 0 Å². The van der Waals surface area contributed by atoms with Gasteiger partial charge in [0.05, 0.1) is 11.2 Å². The lowest BCUT2D eigenvalue weighted by Gasteiger charge is -2.17. The molecule has 0 fully saturated rings. The number of aliphatic hydroxyl groups is 2. The Morgan fingerprint density at radius 2 is 1.07 bits per heavy atom. The number of hydrogen-bond acceptors (Lipinski definition) is 5. The molecule has 2 unspecified atom stereocenters. The van der Waals surface area contributed by atoms with Crippen molar-refractivity contribution in [2.75, 3.05) is 0 Å². The van der Waals surface area contributed by atoms with Gasteiger partial charge in [0, 0.05) is 19.3 Å². The highest BCUT2D eigenvalue weighted by Crippen LogP contribution is 2.17. The van der Waals surface area contributed by atoms with Gasteiger partial charge in [0.1, 0.15) is 18.9 Å². The number of carbonyl (C=O) groups is 3. The molecule has 0 aliphatic carbocycles. The minimum atomic E-state index is -0.555. The van der Waals surface area contributed by atoms with E-state index in [2.05, 4.69) is 20.8 Å². The largest absolute Gasteiger partial charge is 0.390 e. The molecule has 0 aromatic rings. The molecule has 0 saturated carbocycles. The van der Waals surface area contributed by atoms with Gasteiger partial charge in [0.2, 0.25) is 0 Å². The lowest BCUT2D eigenvalue weighted by Crippen LogP contribution is -2.18. The van der Waals surface area contributed by atoms with Crippen LogP contribution in [0, 0.1) is 11.8 Å². The lowest BCUT2D eigenvalue weighted by molar-refractivity contribution is -0.109. The number of carbonyl (C=O) groups excluding carboxylic acids is 3. The fourth-order valence-corrected chi connectivity index (χ4v) is 2.62. The van der Waals surface area contributed by atoms with E-state index in [0.29, 0.717) is 24.7 Å². The summed E-state index contributed by atoms with van der Waals surface area (Å²) in [7, 11) is 0. The molecule has 0 rings (SSSR count). The summed E-state index contributed by atoms with van der Waals surface area (Å²) in [4.78, 5) is 29.8. The summed E-state index contributed by atoms with van der Waals surface area (Å²) in [6.07, 6.45) is 12.8. The summed E-state index contributed by atoms with van der Waals surface area (Å²) >= 11 is 0. The van der Waals surface area contributed by atoms with Gasteiger partial charge in [0.15, 0.2) is 0 Å². The SMILES string of the molecule is CC(CC=O)CCCC(C)(C)O.CC(CC=O)CCCC(C)(C)O.CCCCC=O. The highest BCUT2D eigenvalue weighted by atomic mass is 16.3. The molecule has 0 bridgehead atoms. The zero-order valence-corrected chi connectivity index (χ0v) is 20.8. The molecule has 0 saturated heterocycles. The molecule has 2 N–H and O–H groups in total. The van der Waals surface area contributed by atoms with Crippen LogP contribution in [0.15, 0.2) is 0 Å². The molecule has 5 nitrogen and oxygen atoms in total. The summed E-state index contributed by atoms with van der Waals surface area (Å²) in [6, 6.07) is 0. The molecule has 30 heavy (non-hydrogen) atoms. The number of unbranched alkanes of at least 4 members (excludes halogenated alkanes) is 2. The third-order valence-electron chi connectivity index (χ3n) is 4.64. The van der Waals surface area contributed by atoms with E-state index in [1.54, 1.807) is 0 Å². The highest BCUT2D eigenvalue weighted by Gasteiger charge is 2.13. The van der Waals surface area contributed by atoms with E-state index < -0.39 is 11.2 Å². The maximum atomic E-state index is 10.1. The standard InChI is InChI=1S/2C10H20O2.C5H10O/c2*1-9(6-8-11)5-4-7-10(2,3)12;1-2-3-4-5-6/h2*8-9,12H,4-7H2,1-3H3;5H,2-4H2,1H3. The summed E-state index contributed by atoms with van der Waals surface area (Å²) < 4.78 is 0. The fourth-order valence-electron chi connectivity index (χ4n) is 2.62. The van der Waals surface area contributed by atoms with E-state index in [1.165, 1.54) is 0 Å². The third kappa shape index (κ3) is 37.6. The first-order valence-corrected chi connectivity index (χ1v) is 11.6. The molecule has 0 spiro atoms. The zero-order valence-electron chi connectivity index (χ0n) is 20.8. The van der Waals surface area contributed by atoms with Crippen molar-refractivity contribution in [1.29, 1.82) is 0 Å². The second-order valence-electron chi connectivity index (χ2n) is 9.73. The van der Waals surface area contributed by atoms with E-state index >= 15 is 0 Å². The average Bonchev–Trinajstić information content (AvgIpc) is 2.59. The second kappa shape index (κ2) is 21.2. The lowest BCUT2D eigenvalue weighted by atomic mass is 9.96. The highest BCUT2D eigenvalue weighted by molar-refractivity contribution is 5.49. The van der Waals surface area contributed by atoms with Crippen molar-refractivity contribution in [3.8, 4) is 0 Å². The first-order chi connectivity index (χ1) is 13.8. The van der Waals surface area contributed by atoms with E-state index in [-0.39, 0.29) is 0 Å². The van der Waals surface area contributed by atoms with Crippen molar-refractivity contribution in [3.05, 3.63) is 0 Å². The quantitative estimate of drug-likeness (QED) is 0.257. The molecule has 0 aliphatic heterocycles. The molecule has 2 atom stereocenters. The Morgan fingerprint density at radius 3 is 1.27 bits per heavy atom. The van der Waals surface area contributed by atoms with E-state index in [0.717, 1.165) is 76.6 Å². The predicted molar refractivity (Wildman–Crippen MR) is 126 cm³/mol. The van der Waals surface area contributed by atoms with Gasteiger partial charge in [-0.2, -0.15) is 0 Å². The number of hydrogen-bond donors (Lipinski definition) is 2. The number of rotatable bonds is 15. The van der Waals surface area contributed by atoms with Gasteiger partial charge in [-0.3, -0.25) is 0 Å². The van der Waals surface area contributed by atoms with Crippen molar-refractivity contribution < 1.29 is 24.6 Å². The Bertz CT molecular complexity index is 361. The minimum absolute atomic E-state index is 0.463. The topological polar surface area (TPSA) is 91.7 Å². The fraction of sp³-hybridized carbons (Fsp3) is 0.880. The van der Waals surface area contributed by atoms with Crippen molar-refractivity contribution >= 4 is 18.9 Å². The van der Waals surface area contributed by atoms with Crippen LogP contribution in [-0.2, 0) is 14.4 Å².